The highest BCUT2D eigenvalue weighted by atomic mass is 16.5. The lowest BCUT2D eigenvalue weighted by molar-refractivity contribution is 0.0526. The fraction of sp³-hybridized carbons (Fsp3) is 0.276. The van der Waals surface area contributed by atoms with E-state index in [4.69, 9.17) is 15.2 Å². The first-order valence-corrected chi connectivity index (χ1v) is 12.7. The van der Waals surface area contributed by atoms with E-state index in [2.05, 4.69) is 45.1 Å². The summed E-state index contributed by atoms with van der Waals surface area (Å²) in [5, 5.41) is 4.56. The maximum atomic E-state index is 12.3. The Morgan fingerprint density at radius 3 is 2.55 bits per heavy atom. The number of nitrogen functional groups attached to an aromatic ring is 1. The molecule has 196 valence electrons. The molecule has 0 bridgehead atoms. The standard InChI is InChI=1S/C29H32N6O3/c1-4-38-29(36)20-6-5-7-22(16-20)35-26(10-11-32-35)24-18-28(30)31-19-25(24)23-9-8-21(17-27(23)37-3)34-14-12-33(2)13-15-34/h5-11,16-19H,4,12-15H2,1-3H3,(H2,30,31). The van der Waals surface area contributed by atoms with Gasteiger partial charge in [-0.15, -0.1) is 0 Å². The van der Waals surface area contributed by atoms with Crippen molar-refractivity contribution in [2.75, 3.05) is 57.6 Å². The molecule has 4 aromatic rings. The van der Waals surface area contributed by atoms with Crippen LogP contribution in [0.2, 0.25) is 0 Å². The van der Waals surface area contributed by atoms with E-state index < -0.39 is 0 Å². The van der Waals surface area contributed by atoms with Crippen LogP contribution < -0.4 is 15.4 Å². The Morgan fingerprint density at radius 2 is 1.79 bits per heavy atom. The average Bonchev–Trinajstić information content (AvgIpc) is 3.43. The highest BCUT2D eigenvalue weighted by Crippen LogP contribution is 2.40. The first kappa shape index (κ1) is 25.3. The minimum absolute atomic E-state index is 0.311. The number of esters is 1. The van der Waals surface area contributed by atoms with Gasteiger partial charge in [0.05, 0.1) is 36.9 Å². The lowest BCUT2D eigenvalue weighted by Gasteiger charge is -2.34. The number of likely N-dealkylation sites (N-methyl/N-ethyl adjacent to an activating group) is 1. The number of nitrogens with two attached hydrogens (primary N) is 1. The number of anilines is 2. The van der Waals surface area contributed by atoms with Crippen LogP contribution in [0, 0.1) is 0 Å². The Kier molecular flexibility index (Phi) is 7.28. The first-order valence-electron chi connectivity index (χ1n) is 12.7. The lowest BCUT2D eigenvalue weighted by atomic mass is 9.98. The molecular formula is C29H32N6O3. The zero-order valence-electron chi connectivity index (χ0n) is 21.9. The van der Waals surface area contributed by atoms with E-state index in [1.807, 2.05) is 24.3 Å². The minimum Gasteiger partial charge on any atom is -0.496 e. The summed E-state index contributed by atoms with van der Waals surface area (Å²) in [7, 11) is 3.83. The van der Waals surface area contributed by atoms with Crippen molar-refractivity contribution in [1.29, 1.82) is 0 Å². The van der Waals surface area contributed by atoms with Crippen molar-refractivity contribution in [3.63, 3.8) is 0 Å². The van der Waals surface area contributed by atoms with Gasteiger partial charge in [-0.25, -0.2) is 14.5 Å². The van der Waals surface area contributed by atoms with Crippen molar-refractivity contribution in [3.8, 4) is 33.8 Å². The Bertz CT molecular complexity index is 1440. The zero-order valence-corrected chi connectivity index (χ0v) is 21.9. The van der Waals surface area contributed by atoms with E-state index in [0.717, 1.165) is 65.7 Å². The highest BCUT2D eigenvalue weighted by Gasteiger charge is 2.20. The van der Waals surface area contributed by atoms with Gasteiger partial charge in [0.25, 0.3) is 0 Å². The predicted octanol–water partition coefficient (Wildman–Crippen LogP) is 4.12. The molecule has 3 heterocycles. The molecule has 0 radical (unpaired) electrons. The summed E-state index contributed by atoms with van der Waals surface area (Å²) in [6.07, 6.45) is 3.49. The van der Waals surface area contributed by atoms with Crippen LogP contribution >= 0.6 is 0 Å². The number of hydrogen-bond donors (Lipinski definition) is 1. The number of methoxy groups -OCH3 is 1. The van der Waals surface area contributed by atoms with Gasteiger partial charge < -0.3 is 25.0 Å². The van der Waals surface area contributed by atoms with E-state index in [-0.39, 0.29) is 5.97 Å². The van der Waals surface area contributed by atoms with E-state index in [1.165, 1.54) is 0 Å². The second-order valence-corrected chi connectivity index (χ2v) is 9.23. The molecule has 0 unspecified atom stereocenters. The summed E-state index contributed by atoms with van der Waals surface area (Å²) in [6, 6.07) is 17.3. The van der Waals surface area contributed by atoms with Crippen LogP contribution in [0.3, 0.4) is 0 Å². The van der Waals surface area contributed by atoms with Crippen LogP contribution in [-0.4, -0.2) is 72.6 Å². The predicted molar refractivity (Wildman–Crippen MR) is 149 cm³/mol. The number of benzene rings is 2. The third-order valence-corrected chi connectivity index (χ3v) is 6.79. The fourth-order valence-corrected chi connectivity index (χ4v) is 4.75. The van der Waals surface area contributed by atoms with Crippen LogP contribution in [-0.2, 0) is 4.74 Å². The second-order valence-electron chi connectivity index (χ2n) is 9.23. The average molecular weight is 513 g/mol. The molecule has 2 N–H and O–H groups in total. The molecule has 1 aliphatic rings. The zero-order chi connectivity index (χ0) is 26.6. The molecule has 1 fully saturated rings. The smallest absolute Gasteiger partial charge is 0.338 e. The van der Waals surface area contributed by atoms with Crippen molar-refractivity contribution in [2.45, 2.75) is 6.92 Å². The number of ether oxygens (including phenoxy) is 2. The maximum absolute atomic E-state index is 12.3. The lowest BCUT2D eigenvalue weighted by Crippen LogP contribution is -2.44. The largest absolute Gasteiger partial charge is 0.496 e. The van der Waals surface area contributed by atoms with Gasteiger partial charge in [0, 0.05) is 60.8 Å². The van der Waals surface area contributed by atoms with Gasteiger partial charge in [-0.1, -0.05) is 6.07 Å². The van der Waals surface area contributed by atoms with E-state index >= 15 is 0 Å². The monoisotopic (exact) mass is 512 g/mol. The number of piperazine rings is 1. The third-order valence-electron chi connectivity index (χ3n) is 6.79. The molecule has 0 saturated carbocycles. The summed E-state index contributed by atoms with van der Waals surface area (Å²) in [6.45, 7) is 6.09. The van der Waals surface area contributed by atoms with Crippen LogP contribution in [0.1, 0.15) is 17.3 Å². The topological polar surface area (TPSA) is 98.7 Å². The van der Waals surface area contributed by atoms with Crippen LogP contribution in [0.25, 0.3) is 28.1 Å². The number of carbonyl (C=O) groups is 1. The Balaban J connectivity index is 1.56. The first-order chi connectivity index (χ1) is 18.5. The molecule has 1 saturated heterocycles. The molecular weight excluding hydrogens is 480 g/mol. The molecule has 0 aliphatic carbocycles. The fourth-order valence-electron chi connectivity index (χ4n) is 4.75. The molecule has 38 heavy (non-hydrogen) atoms. The molecule has 0 atom stereocenters. The number of pyridine rings is 1. The quantitative estimate of drug-likeness (QED) is 0.369. The maximum Gasteiger partial charge on any atom is 0.338 e. The molecule has 5 rings (SSSR count). The van der Waals surface area contributed by atoms with E-state index in [1.54, 1.807) is 43.2 Å². The Labute approximate surface area is 222 Å². The molecule has 0 spiro atoms. The molecule has 2 aromatic heterocycles. The van der Waals surface area contributed by atoms with E-state index in [0.29, 0.717) is 18.0 Å². The number of hydrogen-bond acceptors (Lipinski definition) is 8. The number of aromatic nitrogens is 3. The van der Waals surface area contributed by atoms with Gasteiger partial charge >= 0.3 is 5.97 Å². The van der Waals surface area contributed by atoms with Gasteiger partial charge in [-0.05, 0) is 56.4 Å². The summed E-state index contributed by atoms with van der Waals surface area (Å²) >= 11 is 0. The molecule has 9 heteroatoms. The van der Waals surface area contributed by atoms with Crippen LogP contribution in [0.5, 0.6) is 5.75 Å². The van der Waals surface area contributed by atoms with Gasteiger partial charge in [0.2, 0.25) is 0 Å². The SMILES string of the molecule is CCOC(=O)c1cccc(-n2nccc2-c2cc(N)ncc2-c2ccc(N3CCN(C)CC3)cc2OC)c1. The Hall–Kier alpha value is -4.37. The molecule has 1 aliphatic heterocycles. The summed E-state index contributed by atoms with van der Waals surface area (Å²) in [5.41, 5.74) is 11.9. The molecule has 0 amide bonds. The van der Waals surface area contributed by atoms with Gasteiger partial charge in [0.1, 0.15) is 11.6 Å². The van der Waals surface area contributed by atoms with Crippen molar-refractivity contribution in [1.82, 2.24) is 19.7 Å². The number of carbonyl (C=O) groups excluding carboxylic acids is 1. The van der Waals surface area contributed by atoms with Crippen molar-refractivity contribution < 1.29 is 14.3 Å². The summed E-state index contributed by atoms with van der Waals surface area (Å²) < 4.78 is 12.8. The van der Waals surface area contributed by atoms with Crippen molar-refractivity contribution >= 4 is 17.5 Å². The highest BCUT2D eigenvalue weighted by molar-refractivity contribution is 5.90. The second kappa shape index (κ2) is 10.9. The van der Waals surface area contributed by atoms with E-state index in [9.17, 15) is 4.79 Å². The minimum atomic E-state index is -0.373. The van der Waals surface area contributed by atoms with Crippen molar-refractivity contribution in [2.24, 2.45) is 0 Å². The normalized spacial score (nSPS) is 13.9. The van der Waals surface area contributed by atoms with Crippen LogP contribution in [0.15, 0.2) is 67.0 Å². The third kappa shape index (κ3) is 5.05. The van der Waals surface area contributed by atoms with Crippen molar-refractivity contribution in [3.05, 3.63) is 72.6 Å². The summed E-state index contributed by atoms with van der Waals surface area (Å²) in [5.74, 6) is 0.775. The number of rotatable bonds is 7. The number of nitrogens with zero attached hydrogens (tertiary/aromatic N) is 5. The summed E-state index contributed by atoms with van der Waals surface area (Å²) in [4.78, 5) is 21.4. The van der Waals surface area contributed by atoms with Crippen LogP contribution in [0.4, 0.5) is 11.5 Å². The molecule has 9 nitrogen and oxygen atoms in total. The molecule has 2 aromatic carbocycles. The van der Waals surface area contributed by atoms with Gasteiger partial charge in [-0.2, -0.15) is 5.10 Å². The van der Waals surface area contributed by atoms with Gasteiger partial charge in [-0.3, -0.25) is 0 Å². The van der Waals surface area contributed by atoms with Gasteiger partial charge in [0.15, 0.2) is 0 Å². The Morgan fingerprint density at radius 1 is 0.974 bits per heavy atom.